The number of nitrogens with one attached hydrogen (secondary N) is 3. The fraction of sp³-hybridized carbons (Fsp3) is 0.467. The summed E-state index contributed by atoms with van der Waals surface area (Å²) in [5.41, 5.74) is 1.66. The molecule has 0 bridgehead atoms. The zero-order chi connectivity index (χ0) is 16.2. The van der Waals surface area contributed by atoms with Gasteiger partial charge in [0.2, 0.25) is 0 Å². The summed E-state index contributed by atoms with van der Waals surface area (Å²) in [5, 5.41) is 19.4. The molecule has 3 rings (SSSR count). The summed E-state index contributed by atoms with van der Waals surface area (Å²) in [6.07, 6.45) is 1.95. The smallest absolute Gasteiger partial charge is 0.340 e. The van der Waals surface area contributed by atoms with E-state index in [0.29, 0.717) is 23.3 Å². The number of hydrogen-bond acceptors (Lipinski definition) is 5. The molecule has 8 heteroatoms. The summed E-state index contributed by atoms with van der Waals surface area (Å²) >= 11 is 6.12. The van der Waals surface area contributed by atoms with Crippen molar-refractivity contribution < 1.29 is 5.11 Å². The molecule has 4 N–H and O–H groups in total. The average molecular weight is 338 g/mol. The Labute approximate surface area is 138 Å². The van der Waals surface area contributed by atoms with E-state index in [0.717, 1.165) is 37.3 Å². The summed E-state index contributed by atoms with van der Waals surface area (Å²) in [6.45, 7) is 2.47. The van der Waals surface area contributed by atoms with Crippen molar-refractivity contribution in [3.8, 4) is 0 Å². The number of benzene rings is 1. The van der Waals surface area contributed by atoms with Gasteiger partial charge in [0.15, 0.2) is 0 Å². The van der Waals surface area contributed by atoms with Crippen molar-refractivity contribution in [3.05, 3.63) is 39.5 Å². The van der Waals surface area contributed by atoms with Crippen LogP contribution in [0, 0.1) is 5.92 Å². The van der Waals surface area contributed by atoms with Gasteiger partial charge in [0.1, 0.15) is 5.82 Å². The van der Waals surface area contributed by atoms with Gasteiger partial charge in [-0.1, -0.05) is 11.6 Å². The van der Waals surface area contributed by atoms with Crippen molar-refractivity contribution in [1.82, 2.24) is 15.2 Å². The predicted octanol–water partition coefficient (Wildman–Crippen LogP) is 1.57. The second-order valence-corrected chi connectivity index (χ2v) is 6.19. The van der Waals surface area contributed by atoms with Crippen molar-refractivity contribution in [2.45, 2.75) is 19.4 Å². The first-order valence-electron chi connectivity index (χ1n) is 7.68. The van der Waals surface area contributed by atoms with Crippen LogP contribution in [-0.4, -0.2) is 40.0 Å². The number of piperidine rings is 1. The molecule has 2 aromatic rings. The highest BCUT2D eigenvalue weighted by Gasteiger charge is 2.20. The number of aromatic amines is 2. The standard InChI is InChI=1S/C15H20ClN5O2/c16-11-1-2-13(21-5-3-10(9-22)4-6-21)12(7-11)17-8-14-18-15(23)20-19-14/h1-2,7,10,17,22H,3-6,8-9H2,(H2,18,19,20,23). The van der Waals surface area contributed by atoms with Crippen LogP contribution in [-0.2, 0) is 6.54 Å². The van der Waals surface area contributed by atoms with E-state index in [2.05, 4.69) is 25.4 Å². The molecule has 0 amide bonds. The predicted molar refractivity (Wildman–Crippen MR) is 90.0 cm³/mol. The van der Waals surface area contributed by atoms with E-state index in [-0.39, 0.29) is 12.3 Å². The molecule has 1 saturated heterocycles. The van der Waals surface area contributed by atoms with E-state index in [1.807, 2.05) is 18.2 Å². The van der Waals surface area contributed by atoms with Crippen molar-refractivity contribution >= 4 is 23.0 Å². The van der Waals surface area contributed by atoms with Crippen molar-refractivity contribution in [2.75, 3.05) is 29.9 Å². The molecule has 0 unspecified atom stereocenters. The van der Waals surface area contributed by atoms with E-state index in [1.54, 1.807) is 0 Å². The fourth-order valence-corrected chi connectivity index (χ4v) is 3.02. The third kappa shape index (κ3) is 3.86. The highest BCUT2D eigenvalue weighted by Crippen LogP contribution is 2.32. The second kappa shape index (κ2) is 7.06. The van der Waals surface area contributed by atoms with Crippen molar-refractivity contribution in [1.29, 1.82) is 0 Å². The Bertz CT molecular complexity index is 706. The van der Waals surface area contributed by atoms with E-state index in [1.165, 1.54) is 0 Å². The van der Waals surface area contributed by atoms with Crippen LogP contribution in [0.2, 0.25) is 5.02 Å². The molecule has 0 radical (unpaired) electrons. The Morgan fingerprint density at radius 1 is 1.39 bits per heavy atom. The Kier molecular flexibility index (Phi) is 4.88. The summed E-state index contributed by atoms with van der Waals surface area (Å²) in [6, 6.07) is 5.74. The minimum atomic E-state index is -0.320. The number of anilines is 2. The van der Waals surface area contributed by atoms with Crippen LogP contribution in [0.15, 0.2) is 23.0 Å². The van der Waals surface area contributed by atoms with Crippen LogP contribution < -0.4 is 15.9 Å². The lowest BCUT2D eigenvalue weighted by atomic mass is 9.97. The van der Waals surface area contributed by atoms with Gasteiger partial charge in [-0.3, -0.25) is 4.98 Å². The van der Waals surface area contributed by atoms with Gasteiger partial charge in [-0.05, 0) is 37.0 Å². The number of aliphatic hydroxyl groups excluding tert-OH is 1. The van der Waals surface area contributed by atoms with Crippen molar-refractivity contribution in [2.24, 2.45) is 5.92 Å². The van der Waals surface area contributed by atoms with Crippen LogP contribution in [0.25, 0.3) is 0 Å². The molecule has 1 aliphatic rings. The number of aliphatic hydroxyl groups is 1. The van der Waals surface area contributed by atoms with Crippen molar-refractivity contribution in [3.63, 3.8) is 0 Å². The van der Waals surface area contributed by atoms with Gasteiger partial charge in [-0.25, -0.2) is 9.89 Å². The van der Waals surface area contributed by atoms with Crippen LogP contribution in [0.4, 0.5) is 11.4 Å². The molecular formula is C15H20ClN5O2. The van der Waals surface area contributed by atoms with Gasteiger partial charge < -0.3 is 15.3 Å². The normalized spacial score (nSPS) is 15.8. The third-order valence-electron chi connectivity index (χ3n) is 4.17. The largest absolute Gasteiger partial charge is 0.396 e. The fourth-order valence-electron chi connectivity index (χ4n) is 2.85. The van der Waals surface area contributed by atoms with Gasteiger partial charge >= 0.3 is 5.69 Å². The molecule has 0 atom stereocenters. The molecule has 124 valence electrons. The van der Waals surface area contributed by atoms with Gasteiger partial charge in [0.05, 0.1) is 17.9 Å². The quantitative estimate of drug-likeness (QED) is 0.664. The van der Waals surface area contributed by atoms with Gasteiger partial charge in [-0.15, -0.1) is 0 Å². The van der Waals surface area contributed by atoms with Crippen LogP contribution in [0.1, 0.15) is 18.7 Å². The summed E-state index contributed by atoms with van der Waals surface area (Å²) < 4.78 is 0. The van der Waals surface area contributed by atoms with E-state index in [9.17, 15) is 9.90 Å². The highest BCUT2D eigenvalue weighted by molar-refractivity contribution is 6.31. The van der Waals surface area contributed by atoms with Crippen LogP contribution >= 0.6 is 11.6 Å². The number of hydrogen-bond donors (Lipinski definition) is 4. The van der Waals surface area contributed by atoms with Gasteiger partial charge in [-0.2, -0.15) is 5.10 Å². The minimum Gasteiger partial charge on any atom is -0.396 e. The zero-order valence-corrected chi connectivity index (χ0v) is 13.4. The van der Waals surface area contributed by atoms with Gasteiger partial charge in [0, 0.05) is 24.7 Å². The lowest BCUT2D eigenvalue weighted by molar-refractivity contribution is 0.203. The Morgan fingerprint density at radius 3 is 2.83 bits per heavy atom. The summed E-state index contributed by atoms with van der Waals surface area (Å²) in [4.78, 5) is 16.0. The lowest BCUT2D eigenvalue weighted by Gasteiger charge is -2.34. The third-order valence-corrected chi connectivity index (χ3v) is 4.40. The van der Waals surface area contributed by atoms with E-state index in [4.69, 9.17) is 11.6 Å². The zero-order valence-electron chi connectivity index (χ0n) is 12.7. The monoisotopic (exact) mass is 337 g/mol. The molecule has 0 saturated carbocycles. The first-order valence-corrected chi connectivity index (χ1v) is 8.06. The summed E-state index contributed by atoms with van der Waals surface area (Å²) in [7, 11) is 0. The van der Waals surface area contributed by atoms with Crippen LogP contribution in [0.3, 0.4) is 0 Å². The SMILES string of the molecule is O=c1[nH]nc(CNc2cc(Cl)ccc2N2CCC(CO)CC2)[nH]1. The lowest BCUT2D eigenvalue weighted by Crippen LogP contribution is -2.35. The molecule has 1 aromatic carbocycles. The molecule has 1 aromatic heterocycles. The minimum absolute atomic E-state index is 0.256. The van der Waals surface area contributed by atoms with Crippen LogP contribution in [0.5, 0.6) is 0 Å². The Hall–Kier alpha value is -1.99. The topological polar surface area (TPSA) is 97.0 Å². The maximum absolute atomic E-state index is 11.1. The highest BCUT2D eigenvalue weighted by atomic mass is 35.5. The number of halogens is 1. The van der Waals surface area contributed by atoms with E-state index < -0.39 is 0 Å². The number of H-pyrrole nitrogens is 2. The maximum Gasteiger partial charge on any atom is 0.340 e. The molecule has 2 heterocycles. The molecular weight excluding hydrogens is 318 g/mol. The maximum atomic E-state index is 11.1. The molecule has 23 heavy (non-hydrogen) atoms. The number of rotatable bonds is 5. The molecule has 1 fully saturated rings. The number of aromatic nitrogens is 3. The first kappa shape index (κ1) is 15.9. The Morgan fingerprint density at radius 2 is 2.17 bits per heavy atom. The first-order chi connectivity index (χ1) is 11.2. The average Bonchev–Trinajstić information content (AvgIpc) is 2.99. The molecule has 0 aliphatic carbocycles. The summed E-state index contributed by atoms with van der Waals surface area (Å²) in [5.74, 6) is 0.934. The Balaban J connectivity index is 1.74. The van der Waals surface area contributed by atoms with Gasteiger partial charge in [0.25, 0.3) is 0 Å². The molecule has 7 nitrogen and oxygen atoms in total. The van der Waals surface area contributed by atoms with E-state index >= 15 is 0 Å². The molecule has 0 spiro atoms. The molecule has 1 aliphatic heterocycles. The number of nitrogens with zero attached hydrogens (tertiary/aromatic N) is 2. The second-order valence-electron chi connectivity index (χ2n) is 5.75.